The van der Waals surface area contributed by atoms with Crippen molar-refractivity contribution >= 4 is 10.0 Å². The van der Waals surface area contributed by atoms with E-state index < -0.39 is 15.4 Å². The van der Waals surface area contributed by atoms with E-state index in [1.54, 1.807) is 24.3 Å². The maximum atomic E-state index is 13.4. The highest BCUT2D eigenvalue weighted by molar-refractivity contribution is 7.89. The van der Waals surface area contributed by atoms with Crippen molar-refractivity contribution in [1.82, 2.24) is 4.72 Å². The third kappa shape index (κ3) is 4.79. The molecule has 1 saturated heterocycles. The Hall–Kier alpha value is -1.96. The Labute approximate surface area is 172 Å². The van der Waals surface area contributed by atoms with E-state index >= 15 is 0 Å². The molecule has 0 atom stereocenters. The van der Waals surface area contributed by atoms with E-state index in [9.17, 15) is 12.8 Å². The van der Waals surface area contributed by atoms with Crippen LogP contribution in [0.2, 0.25) is 0 Å². The van der Waals surface area contributed by atoms with Gasteiger partial charge >= 0.3 is 0 Å². The fraction of sp³-hybridized carbons (Fsp3) is 0.455. The Morgan fingerprint density at radius 3 is 2.24 bits per heavy atom. The molecule has 0 amide bonds. The van der Waals surface area contributed by atoms with Gasteiger partial charge in [0.25, 0.3) is 0 Å². The molecule has 29 heavy (non-hydrogen) atoms. The largest absolute Gasteiger partial charge is 0.493 e. The molecule has 0 aromatic heterocycles. The minimum absolute atomic E-state index is 0.220. The maximum Gasteiger partial charge on any atom is 0.240 e. The number of nitrogens with one attached hydrogen (secondary N) is 1. The van der Waals surface area contributed by atoms with Gasteiger partial charge in [-0.25, -0.2) is 17.5 Å². The molecular formula is C22H28FNO4S. The van der Waals surface area contributed by atoms with Crippen LogP contribution in [0.15, 0.2) is 41.3 Å². The number of halogens is 1. The monoisotopic (exact) mass is 421 g/mol. The molecule has 0 saturated carbocycles. The van der Waals surface area contributed by atoms with Crippen LogP contribution in [-0.4, -0.2) is 34.8 Å². The van der Waals surface area contributed by atoms with E-state index in [4.69, 9.17) is 9.47 Å². The van der Waals surface area contributed by atoms with Gasteiger partial charge in [0.05, 0.1) is 11.5 Å². The van der Waals surface area contributed by atoms with Crippen LogP contribution in [0.1, 0.15) is 36.5 Å². The molecule has 1 N–H and O–H groups in total. The van der Waals surface area contributed by atoms with E-state index in [2.05, 4.69) is 4.72 Å². The molecule has 0 unspecified atom stereocenters. The smallest absolute Gasteiger partial charge is 0.240 e. The molecular weight excluding hydrogens is 393 g/mol. The van der Waals surface area contributed by atoms with Gasteiger partial charge in [0.1, 0.15) is 11.6 Å². The van der Waals surface area contributed by atoms with Crippen molar-refractivity contribution in [3.63, 3.8) is 0 Å². The molecule has 1 aliphatic rings. The second-order valence-corrected chi connectivity index (χ2v) is 9.31. The summed E-state index contributed by atoms with van der Waals surface area (Å²) in [6, 6.07) is 9.57. The van der Waals surface area contributed by atoms with E-state index in [1.807, 2.05) is 20.8 Å². The summed E-state index contributed by atoms with van der Waals surface area (Å²) in [4.78, 5) is 0.220. The minimum atomic E-state index is -3.71. The van der Waals surface area contributed by atoms with Crippen LogP contribution in [0.5, 0.6) is 5.75 Å². The Balaban J connectivity index is 1.86. The number of hydrogen-bond donors (Lipinski definition) is 1. The number of sulfonamides is 1. The van der Waals surface area contributed by atoms with Crippen LogP contribution in [0, 0.1) is 19.7 Å². The van der Waals surface area contributed by atoms with Crippen molar-refractivity contribution in [1.29, 1.82) is 0 Å². The summed E-state index contributed by atoms with van der Waals surface area (Å²) in [7, 11) is -3.71. The molecule has 0 spiro atoms. The number of aryl methyl sites for hydroxylation is 2. The lowest BCUT2D eigenvalue weighted by Crippen LogP contribution is -2.44. The average Bonchev–Trinajstić information content (AvgIpc) is 2.70. The first-order chi connectivity index (χ1) is 13.8. The van der Waals surface area contributed by atoms with Gasteiger partial charge in [-0.05, 0) is 74.6 Å². The third-order valence-corrected chi connectivity index (χ3v) is 6.92. The number of rotatable bonds is 7. The number of hydrogen-bond acceptors (Lipinski definition) is 4. The molecule has 1 fully saturated rings. The number of benzene rings is 2. The molecule has 5 nitrogen and oxygen atoms in total. The van der Waals surface area contributed by atoms with E-state index in [-0.39, 0.29) is 17.3 Å². The minimum Gasteiger partial charge on any atom is -0.493 e. The van der Waals surface area contributed by atoms with Crippen molar-refractivity contribution in [2.24, 2.45) is 0 Å². The summed E-state index contributed by atoms with van der Waals surface area (Å²) in [5, 5.41) is 0. The zero-order chi connectivity index (χ0) is 21.1. The molecule has 0 aliphatic carbocycles. The van der Waals surface area contributed by atoms with Crippen LogP contribution < -0.4 is 9.46 Å². The Bertz CT molecular complexity index is 928. The van der Waals surface area contributed by atoms with Gasteiger partial charge in [-0.3, -0.25) is 0 Å². The normalized spacial score (nSPS) is 16.6. The first kappa shape index (κ1) is 21.7. The second kappa shape index (κ2) is 8.81. The van der Waals surface area contributed by atoms with Crippen LogP contribution in [0.3, 0.4) is 0 Å². The first-order valence-corrected chi connectivity index (χ1v) is 11.3. The highest BCUT2D eigenvalue weighted by atomic mass is 32.2. The molecule has 0 bridgehead atoms. The highest BCUT2D eigenvalue weighted by Gasteiger charge is 2.36. The Kier molecular flexibility index (Phi) is 6.61. The zero-order valence-corrected chi connectivity index (χ0v) is 17.9. The molecule has 1 heterocycles. The summed E-state index contributed by atoms with van der Waals surface area (Å²) >= 11 is 0. The Morgan fingerprint density at radius 1 is 1.10 bits per heavy atom. The maximum absolute atomic E-state index is 13.4. The fourth-order valence-electron chi connectivity index (χ4n) is 3.89. The van der Waals surface area contributed by atoms with Gasteiger partial charge in [-0.2, -0.15) is 0 Å². The van der Waals surface area contributed by atoms with Gasteiger partial charge in [-0.1, -0.05) is 12.1 Å². The Morgan fingerprint density at radius 2 is 1.69 bits per heavy atom. The summed E-state index contributed by atoms with van der Waals surface area (Å²) in [6.07, 6.45) is 1.34. The summed E-state index contributed by atoms with van der Waals surface area (Å²) in [5.74, 6) is 0.413. The van der Waals surface area contributed by atoms with E-state index in [1.165, 1.54) is 12.1 Å². The lowest BCUT2D eigenvalue weighted by molar-refractivity contribution is 0.0517. The third-order valence-electron chi connectivity index (χ3n) is 5.54. The SMILES string of the molecule is CCOc1c(C)cc(S(=O)(=O)NCC2(c3ccc(F)cc3)CCOCC2)cc1C. The van der Waals surface area contributed by atoms with Crippen molar-refractivity contribution in [3.8, 4) is 5.75 Å². The van der Waals surface area contributed by atoms with E-state index in [0.717, 1.165) is 22.4 Å². The molecule has 0 radical (unpaired) electrons. The molecule has 3 rings (SSSR count). The van der Waals surface area contributed by atoms with Crippen LogP contribution >= 0.6 is 0 Å². The molecule has 1 aliphatic heterocycles. The fourth-order valence-corrected chi connectivity index (χ4v) is 5.18. The first-order valence-electron chi connectivity index (χ1n) is 9.85. The lowest BCUT2D eigenvalue weighted by Gasteiger charge is -2.38. The van der Waals surface area contributed by atoms with Gasteiger partial charge in [0.15, 0.2) is 0 Å². The van der Waals surface area contributed by atoms with Gasteiger partial charge < -0.3 is 9.47 Å². The van der Waals surface area contributed by atoms with Gasteiger partial charge in [0.2, 0.25) is 10.0 Å². The molecule has 2 aromatic rings. The van der Waals surface area contributed by atoms with Crippen molar-refractivity contribution in [2.45, 2.75) is 43.9 Å². The average molecular weight is 422 g/mol. The van der Waals surface area contributed by atoms with Gasteiger partial charge in [0, 0.05) is 25.2 Å². The van der Waals surface area contributed by atoms with Crippen LogP contribution in [-0.2, 0) is 20.2 Å². The quantitative estimate of drug-likeness (QED) is 0.737. The zero-order valence-electron chi connectivity index (χ0n) is 17.1. The van der Waals surface area contributed by atoms with E-state index in [0.29, 0.717) is 32.7 Å². The predicted molar refractivity (Wildman–Crippen MR) is 110 cm³/mol. The summed E-state index contributed by atoms with van der Waals surface area (Å²) in [6.45, 7) is 7.42. The predicted octanol–water partition coefficient (Wildman–Crippen LogP) is 3.87. The number of ether oxygens (including phenoxy) is 2. The highest BCUT2D eigenvalue weighted by Crippen LogP contribution is 2.35. The molecule has 2 aromatic carbocycles. The topological polar surface area (TPSA) is 64.6 Å². The molecule has 7 heteroatoms. The lowest BCUT2D eigenvalue weighted by atomic mass is 9.74. The van der Waals surface area contributed by atoms with Gasteiger partial charge in [-0.15, -0.1) is 0 Å². The van der Waals surface area contributed by atoms with Crippen LogP contribution in [0.4, 0.5) is 4.39 Å². The van der Waals surface area contributed by atoms with Crippen molar-refractivity contribution in [2.75, 3.05) is 26.4 Å². The van der Waals surface area contributed by atoms with Crippen molar-refractivity contribution < 1.29 is 22.3 Å². The second-order valence-electron chi connectivity index (χ2n) is 7.54. The van der Waals surface area contributed by atoms with Crippen LogP contribution in [0.25, 0.3) is 0 Å². The summed E-state index contributed by atoms with van der Waals surface area (Å²) in [5.41, 5.74) is 2.07. The summed E-state index contributed by atoms with van der Waals surface area (Å²) < 4.78 is 53.3. The van der Waals surface area contributed by atoms with Crippen molar-refractivity contribution in [3.05, 3.63) is 58.9 Å². The standard InChI is InChI=1S/C22H28FNO4S/c1-4-28-21-16(2)13-20(14-17(21)3)29(25,26)24-15-22(9-11-27-12-10-22)18-5-7-19(23)8-6-18/h5-8,13-14,24H,4,9-12,15H2,1-3H3. The molecule has 158 valence electrons.